The van der Waals surface area contributed by atoms with E-state index in [1.165, 1.54) is 6.07 Å². The van der Waals surface area contributed by atoms with Crippen LogP contribution in [0, 0.1) is 17.7 Å². The first-order valence-corrected chi connectivity index (χ1v) is 3.59. The highest BCUT2D eigenvalue weighted by Crippen LogP contribution is 2.10. The van der Waals surface area contributed by atoms with Crippen LogP contribution in [0.2, 0.25) is 0 Å². The minimum atomic E-state index is -0.437. The van der Waals surface area contributed by atoms with Crippen molar-refractivity contribution in [2.45, 2.75) is 19.8 Å². The first kappa shape index (κ1) is 8.18. The minimum Gasteiger partial charge on any atom is -0.207 e. The Morgan fingerprint density at radius 1 is 1.45 bits per heavy atom. The lowest BCUT2D eigenvalue weighted by Crippen LogP contribution is -1.90. The van der Waals surface area contributed by atoms with Gasteiger partial charge in [-0.25, -0.2) is 8.78 Å². The van der Waals surface area contributed by atoms with Crippen LogP contribution in [-0.2, 0) is 6.42 Å². The van der Waals surface area contributed by atoms with Crippen molar-refractivity contribution >= 4 is 0 Å². The second-order valence-electron chi connectivity index (χ2n) is 2.41. The molecule has 0 aliphatic heterocycles. The summed E-state index contributed by atoms with van der Waals surface area (Å²) in [5.74, 6) is -0.858. The summed E-state index contributed by atoms with van der Waals surface area (Å²) in [4.78, 5) is 0. The van der Waals surface area contributed by atoms with Crippen molar-refractivity contribution in [1.82, 2.24) is 0 Å². The molecule has 11 heavy (non-hydrogen) atoms. The van der Waals surface area contributed by atoms with Crippen molar-refractivity contribution in [2.75, 3.05) is 0 Å². The molecule has 0 nitrogen and oxygen atoms in total. The van der Waals surface area contributed by atoms with Crippen LogP contribution in [-0.4, -0.2) is 0 Å². The molecule has 0 aromatic heterocycles. The van der Waals surface area contributed by atoms with Gasteiger partial charge in [0.05, 0.1) is 0 Å². The number of aryl methyl sites for hydroxylation is 1. The van der Waals surface area contributed by atoms with Crippen molar-refractivity contribution in [1.29, 1.82) is 0 Å². The molecule has 1 rings (SSSR count). The number of benzene rings is 1. The molecule has 1 aromatic carbocycles. The molecule has 0 atom stereocenters. The van der Waals surface area contributed by atoms with Gasteiger partial charge in [0.2, 0.25) is 0 Å². The monoisotopic (exact) mass is 155 g/mol. The first-order chi connectivity index (χ1) is 5.24. The summed E-state index contributed by atoms with van der Waals surface area (Å²) in [7, 11) is 0. The fourth-order valence-corrected chi connectivity index (χ4v) is 0.948. The SMILES string of the molecule is CCCc1cc(F)c[c]c1F. The van der Waals surface area contributed by atoms with Crippen molar-refractivity contribution in [3.05, 3.63) is 35.4 Å². The van der Waals surface area contributed by atoms with Gasteiger partial charge in [-0.15, -0.1) is 0 Å². The predicted octanol–water partition coefficient (Wildman–Crippen LogP) is 2.72. The molecule has 0 bridgehead atoms. The maximum atomic E-state index is 12.7. The third-order valence-electron chi connectivity index (χ3n) is 1.45. The van der Waals surface area contributed by atoms with Crippen molar-refractivity contribution in [3.8, 4) is 0 Å². The predicted molar refractivity (Wildman–Crippen MR) is 39.2 cm³/mol. The molecule has 0 heterocycles. The average Bonchev–Trinajstić information content (AvgIpc) is 1.98. The van der Waals surface area contributed by atoms with Crippen LogP contribution in [0.4, 0.5) is 8.78 Å². The average molecular weight is 155 g/mol. The lowest BCUT2D eigenvalue weighted by atomic mass is 10.1. The van der Waals surface area contributed by atoms with Crippen LogP contribution in [0.15, 0.2) is 12.1 Å². The van der Waals surface area contributed by atoms with Gasteiger partial charge >= 0.3 is 0 Å². The molecule has 1 aromatic rings. The van der Waals surface area contributed by atoms with Crippen LogP contribution in [0.25, 0.3) is 0 Å². The summed E-state index contributed by atoms with van der Waals surface area (Å²) in [5.41, 5.74) is 0.410. The van der Waals surface area contributed by atoms with E-state index in [0.29, 0.717) is 12.0 Å². The number of halogens is 2. The molecule has 59 valence electrons. The molecular formula is C9H9F2. The van der Waals surface area contributed by atoms with E-state index in [0.717, 1.165) is 12.5 Å². The molecule has 0 aliphatic carbocycles. The third-order valence-corrected chi connectivity index (χ3v) is 1.45. The Balaban J connectivity index is 2.93. The molecule has 0 N–H and O–H groups in total. The van der Waals surface area contributed by atoms with Gasteiger partial charge in [0.15, 0.2) is 0 Å². The van der Waals surface area contributed by atoms with Crippen LogP contribution >= 0.6 is 0 Å². The van der Waals surface area contributed by atoms with Gasteiger partial charge in [-0.05, 0) is 24.1 Å². The number of rotatable bonds is 2. The second-order valence-corrected chi connectivity index (χ2v) is 2.41. The van der Waals surface area contributed by atoms with Gasteiger partial charge in [-0.1, -0.05) is 13.3 Å². The van der Waals surface area contributed by atoms with Crippen LogP contribution in [0.5, 0.6) is 0 Å². The van der Waals surface area contributed by atoms with E-state index in [-0.39, 0.29) is 0 Å². The normalized spacial score (nSPS) is 10.1. The van der Waals surface area contributed by atoms with Crippen LogP contribution < -0.4 is 0 Å². The molecule has 0 saturated heterocycles. The third kappa shape index (κ3) is 2.00. The summed E-state index contributed by atoms with van der Waals surface area (Å²) in [5, 5.41) is 0. The van der Waals surface area contributed by atoms with E-state index in [9.17, 15) is 8.78 Å². The summed E-state index contributed by atoms with van der Waals surface area (Å²) in [6.45, 7) is 1.92. The fraction of sp³-hybridized carbons (Fsp3) is 0.333. The Labute approximate surface area is 64.9 Å². The standard InChI is InChI=1S/C9H9F2/c1-2-3-7-6-8(10)4-5-9(7)11/h4,6H,2-3H2,1H3. The maximum Gasteiger partial charge on any atom is 0.134 e. The van der Waals surface area contributed by atoms with E-state index in [2.05, 4.69) is 6.07 Å². The zero-order valence-electron chi connectivity index (χ0n) is 6.32. The van der Waals surface area contributed by atoms with Gasteiger partial charge in [0.25, 0.3) is 0 Å². The number of hydrogen-bond acceptors (Lipinski definition) is 0. The second kappa shape index (κ2) is 3.46. The Kier molecular flexibility index (Phi) is 2.58. The Morgan fingerprint density at radius 3 is 2.82 bits per heavy atom. The highest BCUT2D eigenvalue weighted by molar-refractivity contribution is 5.17. The van der Waals surface area contributed by atoms with Crippen molar-refractivity contribution in [2.24, 2.45) is 0 Å². The lowest BCUT2D eigenvalue weighted by molar-refractivity contribution is 0.581. The fourth-order valence-electron chi connectivity index (χ4n) is 0.948. The topological polar surface area (TPSA) is 0 Å². The largest absolute Gasteiger partial charge is 0.207 e. The molecule has 0 aliphatic rings. The van der Waals surface area contributed by atoms with Crippen molar-refractivity contribution < 1.29 is 8.78 Å². The van der Waals surface area contributed by atoms with E-state index >= 15 is 0 Å². The van der Waals surface area contributed by atoms with E-state index < -0.39 is 11.6 Å². The minimum absolute atomic E-state index is 0.410. The molecule has 0 saturated carbocycles. The number of hydrogen-bond donors (Lipinski definition) is 0. The molecule has 0 fully saturated rings. The summed E-state index contributed by atoms with van der Waals surface area (Å²) in [6.07, 6.45) is 1.38. The van der Waals surface area contributed by atoms with E-state index in [1.54, 1.807) is 0 Å². The summed E-state index contributed by atoms with van der Waals surface area (Å²) < 4.78 is 25.2. The van der Waals surface area contributed by atoms with Gasteiger partial charge in [-0.3, -0.25) is 0 Å². The molecule has 1 radical (unpaired) electrons. The maximum absolute atomic E-state index is 12.7. The first-order valence-electron chi connectivity index (χ1n) is 3.59. The van der Waals surface area contributed by atoms with Crippen LogP contribution in [0.3, 0.4) is 0 Å². The van der Waals surface area contributed by atoms with Gasteiger partial charge in [0.1, 0.15) is 11.6 Å². The molecule has 0 spiro atoms. The molecule has 0 amide bonds. The smallest absolute Gasteiger partial charge is 0.134 e. The Bertz CT molecular complexity index is 243. The van der Waals surface area contributed by atoms with E-state index in [1.807, 2.05) is 6.92 Å². The summed E-state index contributed by atoms with van der Waals surface area (Å²) >= 11 is 0. The highest BCUT2D eigenvalue weighted by atomic mass is 19.1. The Hall–Kier alpha value is -0.920. The van der Waals surface area contributed by atoms with Crippen molar-refractivity contribution in [3.63, 3.8) is 0 Å². The highest BCUT2D eigenvalue weighted by Gasteiger charge is 2.01. The van der Waals surface area contributed by atoms with E-state index in [4.69, 9.17) is 0 Å². The molecule has 0 unspecified atom stereocenters. The quantitative estimate of drug-likeness (QED) is 0.616. The van der Waals surface area contributed by atoms with Gasteiger partial charge in [0, 0.05) is 6.07 Å². The van der Waals surface area contributed by atoms with Gasteiger partial charge in [-0.2, -0.15) is 0 Å². The Morgan fingerprint density at radius 2 is 2.18 bits per heavy atom. The zero-order valence-corrected chi connectivity index (χ0v) is 6.32. The molecular weight excluding hydrogens is 146 g/mol. The van der Waals surface area contributed by atoms with Crippen LogP contribution in [0.1, 0.15) is 18.9 Å². The zero-order chi connectivity index (χ0) is 8.27. The lowest BCUT2D eigenvalue weighted by Gasteiger charge is -1.99. The van der Waals surface area contributed by atoms with Gasteiger partial charge < -0.3 is 0 Å². The molecule has 2 heteroatoms. The summed E-state index contributed by atoms with van der Waals surface area (Å²) in [6, 6.07) is 4.44.